The molecule has 5 saturated heterocycles. The molecule has 8 heterocycles. The summed E-state index contributed by atoms with van der Waals surface area (Å²) in [5.41, 5.74) is 5.33. The molecule has 2 aromatic carbocycles. The van der Waals surface area contributed by atoms with Gasteiger partial charge in [0.25, 0.3) is 0 Å². The quantitative estimate of drug-likeness (QED) is 0.155. The summed E-state index contributed by atoms with van der Waals surface area (Å²) in [7, 11) is 0. The number of rotatable bonds is 10. The first kappa shape index (κ1) is 47.1. The zero-order valence-corrected chi connectivity index (χ0v) is 42.1. The Kier molecular flexibility index (Phi) is 11.9. The van der Waals surface area contributed by atoms with E-state index in [1.165, 1.54) is 25.3 Å². The number of likely N-dealkylation sites (tertiary alicyclic amines) is 3. The van der Waals surface area contributed by atoms with Crippen LogP contribution < -0.4 is 20.4 Å². The maximum Gasteiger partial charge on any atom is 0.238 e. The average molecular weight is 981 g/mol. The lowest BCUT2D eigenvalue weighted by Gasteiger charge is -2.48. The third-order valence-electron chi connectivity index (χ3n) is 18.1. The van der Waals surface area contributed by atoms with E-state index in [0.29, 0.717) is 101 Å². The number of nitrogens with zero attached hydrogens (tertiary/aromatic N) is 8. The lowest BCUT2D eigenvalue weighted by molar-refractivity contribution is -0.145. The molecule has 7 fully saturated rings. The molecule has 2 saturated carbocycles. The Labute approximate surface area is 421 Å². The minimum Gasteiger partial charge on any atom is -0.369 e. The van der Waals surface area contributed by atoms with E-state index < -0.39 is 28.5 Å². The number of amides is 5. The molecule has 2 N–H and O–H groups in total. The molecule has 5 amide bonds. The standard InChI is InChI=1S/C56H69FN10O5/c1-34(2)66-33-58-45-31-44(60-50(49(45)66)59-38-9-10-38)37-7-12-42-47(28-37)67(40-29-39(30-40)62-20-5-4-6-21-62)54(72)56(42)18-25-64(26-19-56)53(71)55(3)17-24-65(32-55)52(70)35-15-22-63(23-16-35)46-13-8-36(27-43(46)57)41-11-14-48(68)61-51(41)69/h7-8,12-13,27-28,31,33-35,38-41H,4-6,9-11,14-26,29-30,32H2,1-3H3,(H,59,60)(H,61,68,69)/t39-,40+,41?,55-/m1/s1. The average Bonchev–Trinajstić information content (AvgIpc) is 3.84. The fourth-order valence-corrected chi connectivity index (χ4v) is 13.5. The molecule has 15 nitrogen and oxygen atoms in total. The maximum absolute atomic E-state index is 15.5. The number of hydrogen-bond donors (Lipinski definition) is 2. The van der Waals surface area contributed by atoms with Gasteiger partial charge in [-0.2, -0.15) is 0 Å². The second-order valence-electron chi connectivity index (χ2n) is 23.1. The maximum atomic E-state index is 15.5. The van der Waals surface area contributed by atoms with Gasteiger partial charge in [0.1, 0.15) is 11.3 Å². The molecule has 8 aliphatic rings. The van der Waals surface area contributed by atoms with E-state index in [-0.39, 0.29) is 48.1 Å². The van der Waals surface area contributed by atoms with Crippen LogP contribution in [0.15, 0.2) is 48.8 Å². The van der Waals surface area contributed by atoms with Crippen molar-refractivity contribution in [1.82, 2.24) is 34.6 Å². The van der Waals surface area contributed by atoms with Gasteiger partial charge in [0.05, 0.1) is 40.0 Å². The number of carbonyl (C=O) groups excluding carboxylic acids is 5. The molecule has 1 unspecified atom stereocenters. The highest BCUT2D eigenvalue weighted by Crippen LogP contribution is 2.53. The van der Waals surface area contributed by atoms with Gasteiger partial charge < -0.3 is 34.4 Å². The molecule has 0 bridgehead atoms. The summed E-state index contributed by atoms with van der Waals surface area (Å²) in [6.07, 6.45) is 13.3. The lowest BCUT2D eigenvalue weighted by Crippen LogP contribution is -2.59. The molecule has 4 aromatic rings. The van der Waals surface area contributed by atoms with Crippen molar-refractivity contribution in [2.45, 2.75) is 146 Å². The topological polar surface area (TPSA) is 156 Å². The lowest BCUT2D eigenvalue weighted by atomic mass is 9.72. The Bertz CT molecular complexity index is 2830. The van der Waals surface area contributed by atoms with Crippen LogP contribution in [0.1, 0.15) is 134 Å². The number of aromatic nitrogens is 3. The SMILES string of the molecule is CC(C)n1cnc2cc(-c3ccc4c(c3)N([C@H]3C[C@@H](N5CCCCC5)C3)C(=O)C43CCN(C(=O)[C@]4(C)CCN(C(=O)C5CCN(c6ccc(C7CCC(=O)NC7=O)cc6F)CC5)C4)CC3)nc(NC3CC3)c21. The number of pyridine rings is 1. The van der Waals surface area contributed by atoms with Gasteiger partial charge >= 0.3 is 0 Å². The number of benzene rings is 2. The van der Waals surface area contributed by atoms with Crippen molar-refractivity contribution in [3.8, 4) is 11.3 Å². The van der Waals surface area contributed by atoms with E-state index in [1.54, 1.807) is 12.1 Å². The highest BCUT2D eigenvalue weighted by Gasteiger charge is 2.57. The van der Waals surface area contributed by atoms with E-state index >= 15 is 9.18 Å². The summed E-state index contributed by atoms with van der Waals surface area (Å²) in [6.45, 7) is 11.4. The van der Waals surface area contributed by atoms with E-state index in [1.807, 2.05) is 28.0 Å². The second kappa shape index (κ2) is 18.2. The number of hydrogen-bond acceptors (Lipinski definition) is 10. The number of halogens is 1. The Morgan fingerprint density at radius 2 is 1.57 bits per heavy atom. The Morgan fingerprint density at radius 3 is 2.28 bits per heavy atom. The van der Waals surface area contributed by atoms with Crippen molar-refractivity contribution >= 4 is 57.8 Å². The van der Waals surface area contributed by atoms with Gasteiger partial charge in [-0.3, -0.25) is 29.3 Å². The van der Waals surface area contributed by atoms with Crippen molar-refractivity contribution in [1.29, 1.82) is 0 Å². The van der Waals surface area contributed by atoms with Gasteiger partial charge in [0, 0.05) is 87.0 Å². The van der Waals surface area contributed by atoms with Crippen molar-refractivity contribution in [3.63, 3.8) is 0 Å². The summed E-state index contributed by atoms with van der Waals surface area (Å²) in [4.78, 5) is 88.7. The fourth-order valence-electron chi connectivity index (χ4n) is 13.5. The number of carbonyl (C=O) groups is 5. The van der Waals surface area contributed by atoms with Gasteiger partial charge in [-0.25, -0.2) is 14.4 Å². The highest BCUT2D eigenvalue weighted by molar-refractivity contribution is 6.09. The summed E-state index contributed by atoms with van der Waals surface area (Å²) >= 11 is 0. The largest absolute Gasteiger partial charge is 0.369 e. The van der Waals surface area contributed by atoms with Crippen LogP contribution >= 0.6 is 0 Å². The Hall–Kier alpha value is -5.90. The number of anilines is 3. The monoisotopic (exact) mass is 981 g/mol. The first-order valence-corrected chi connectivity index (χ1v) is 27.1. The van der Waals surface area contributed by atoms with Crippen molar-refractivity contribution in [3.05, 3.63) is 65.7 Å². The minimum atomic E-state index is -0.728. The summed E-state index contributed by atoms with van der Waals surface area (Å²) in [5, 5.41) is 6.05. The molecule has 380 valence electrons. The van der Waals surface area contributed by atoms with E-state index in [2.05, 4.69) is 63.1 Å². The highest BCUT2D eigenvalue weighted by atomic mass is 19.1. The van der Waals surface area contributed by atoms with Gasteiger partial charge in [-0.15, -0.1) is 0 Å². The van der Waals surface area contributed by atoms with E-state index in [9.17, 15) is 19.2 Å². The molecule has 0 radical (unpaired) electrons. The molecule has 12 rings (SSSR count). The van der Waals surface area contributed by atoms with Gasteiger partial charge in [0.2, 0.25) is 29.5 Å². The normalized spacial score (nSPS) is 27.0. The van der Waals surface area contributed by atoms with Crippen LogP contribution in [0.2, 0.25) is 0 Å². The van der Waals surface area contributed by atoms with Crippen LogP contribution in [0.4, 0.5) is 21.6 Å². The van der Waals surface area contributed by atoms with Crippen molar-refractivity contribution < 1.29 is 28.4 Å². The third kappa shape index (κ3) is 8.23. The second-order valence-corrected chi connectivity index (χ2v) is 23.1. The number of imidazole rings is 1. The van der Waals surface area contributed by atoms with Crippen LogP contribution in [0.5, 0.6) is 0 Å². The molecule has 2 atom stereocenters. The Morgan fingerprint density at radius 1 is 0.819 bits per heavy atom. The summed E-state index contributed by atoms with van der Waals surface area (Å²) < 4.78 is 17.7. The number of nitrogens with one attached hydrogen (secondary N) is 2. The molecule has 2 aliphatic carbocycles. The molecule has 72 heavy (non-hydrogen) atoms. The number of piperidine rings is 4. The molecular formula is C56H69FN10O5. The van der Waals surface area contributed by atoms with Crippen LogP contribution in [0.3, 0.4) is 0 Å². The third-order valence-corrected chi connectivity index (χ3v) is 18.1. The first-order valence-electron chi connectivity index (χ1n) is 27.1. The van der Waals surface area contributed by atoms with Gasteiger partial charge in [0.15, 0.2) is 5.82 Å². The predicted molar refractivity (Wildman–Crippen MR) is 273 cm³/mol. The zero-order chi connectivity index (χ0) is 49.6. The van der Waals surface area contributed by atoms with Crippen LogP contribution in [0, 0.1) is 17.2 Å². The van der Waals surface area contributed by atoms with Crippen LogP contribution in [0.25, 0.3) is 22.3 Å². The van der Waals surface area contributed by atoms with Gasteiger partial charge in [-0.1, -0.05) is 24.6 Å². The zero-order valence-electron chi connectivity index (χ0n) is 42.1. The molecule has 6 aliphatic heterocycles. The molecule has 2 aromatic heterocycles. The van der Waals surface area contributed by atoms with Crippen LogP contribution in [-0.2, 0) is 29.4 Å². The van der Waals surface area contributed by atoms with Crippen molar-refractivity contribution in [2.75, 3.05) is 67.5 Å². The van der Waals surface area contributed by atoms with E-state index in [4.69, 9.17) is 9.97 Å². The minimum absolute atomic E-state index is 0.0527. The molecular weight excluding hydrogens is 912 g/mol. The predicted octanol–water partition coefficient (Wildman–Crippen LogP) is 7.29. The van der Waals surface area contributed by atoms with E-state index in [0.717, 1.165) is 78.1 Å². The van der Waals surface area contributed by atoms with Crippen LogP contribution in [-0.4, -0.2) is 129 Å². The molecule has 16 heteroatoms. The number of fused-ring (bicyclic) bond motifs is 3. The van der Waals surface area contributed by atoms with Crippen molar-refractivity contribution in [2.24, 2.45) is 11.3 Å². The first-order chi connectivity index (χ1) is 34.8. The smallest absolute Gasteiger partial charge is 0.238 e. The Balaban J connectivity index is 0.724. The fraction of sp³-hybridized carbons (Fsp3) is 0.589. The summed E-state index contributed by atoms with van der Waals surface area (Å²) in [5.74, 6) is -0.754. The molecule has 1 spiro atoms. The number of imide groups is 1. The summed E-state index contributed by atoms with van der Waals surface area (Å²) in [6, 6.07) is 14.7. The van der Waals surface area contributed by atoms with Gasteiger partial charge in [-0.05, 0) is 146 Å².